The number of hydrogen-bond acceptors (Lipinski definition) is 3. The fourth-order valence-electron chi connectivity index (χ4n) is 4.47. The minimum Gasteiger partial charge on any atom is -0.462 e. The Hall–Kier alpha value is -1.37. The molecule has 0 aromatic heterocycles. The molecule has 0 spiro atoms. The summed E-state index contributed by atoms with van der Waals surface area (Å²) in [5.74, 6) is 0.833. The van der Waals surface area contributed by atoms with E-state index in [1.807, 2.05) is 0 Å². The van der Waals surface area contributed by atoms with Crippen molar-refractivity contribution in [3.8, 4) is 6.07 Å². The Morgan fingerprint density at radius 1 is 1.08 bits per heavy atom. The monoisotopic (exact) mass is 363 g/mol. The molecule has 3 nitrogen and oxygen atoms in total. The molecule has 0 radical (unpaired) electrons. The van der Waals surface area contributed by atoms with Gasteiger partial charge in [-0.1, -0.05) is 26.2 Å². The largest absolute Gasteiger partial charge is 0.462 e. The Balaban J connectivity index is 1.62. The van der Waals surface area contributed by atoms with Crippen LogP contribution in [0.3, 0.4) is 0 Å². The second-order valence-electron chi connectivity index (χ2n) is 8.18. The smallest absolute Gasteiger partial charge is 0.309 e. The molecule has 0 amide bonds. The first-order valence-electron chi connectivity index (χ1n) is 10.6. The van der Waals surface area contributed by atoms with Gasteiger partial charge in [0, 0.05) is 0 Å². The molecule has 4 heteroatoms. The first kappa shape index (κ1) is 20.9. The van der Waals surface area contributed by atoms with Crippen molar-refractivity contribution >= 4 is 5.97 Å². The number of nitriles is 1. The van der Waals surface area contributed by atoms with Gasteiger partial charge < -0.3 is 4.74 Å². The zero-order chi connectivity index (χ0) is 18.8. The van der Waals surface area contributed by atoms with Crippen LogP contribution in [0.5, 0.6) is 0 Å². The van der Waals surface area contributed by atoms with E-state index in [1.165, 1.54) is 44.2 Å². The van der Waals surface area contributed by atoms with Crippen LogP contribution in [-0.4, -0.2) is 12.1 Å². The van der Waals surface area contributed by atoms with Crippen molar-refractivity contribution in [3.63, 3.8) is 0 Å². The molecule has 0 aromatic carbocycles. The van der Waals surface area contributed by atoms with Crippen LogP contribution in [0.1, 0.15) is 90.4 Å². The lowest BCUT2D eigenvalue weighted by atomic mass is 9.79. The van der Waals surface area contributed by atoms with Gasteiger partial charge in [0.15, 0.2) is 5.83 Å². The van der Waals surface area contributed by atoms with Crippen molar-refractivity contribution in [1.82, 2.24) is 0 Å². The van der Waals surface area contributed by atoms with Gasteiger partial charge in [-0.2, -0.15) is 9.65 Å². The topological polar surface area (TPSA) is 50.1 Å². The zero-order valence-electron chi connectivity index (χ0n) is 16.2. The van der Waals surface area contributed by atoms with Crippen LogP contribution < -0.4 is 0 Å². The van der Waals surface area contributed by atoms with Gasteiger partial charge in [-0.05, 0) is 82.1 Å². The van der Waals surface area contributed by atoms with Crippen molar-refractivity contribution in [2.45, 2.75) is 96.5 Å². The molecule has 2 saturated carbocycles. The van der Waals surface area contributed by atoms with Crippen LogP contribution in [0.25, 0.3) is 0 Å². The van der Waals surface area contributed by atoms with E-state index < -0.39 is 5.83 Å². The number of nitrogens with zero attached hydrogens (tertiary/aromatic N) is 1. The van der Waals surface area contributed by atoms with Crippen LogP contribution in [0.4, 0.5) is 4.39 Å². The molecule has 146 valence electrons. The summed E-state index contributed by atoms with van der Waals surface area (Å²) in [5.41, 5.74) is 0. The minimum absolute atomic E-state index is 0.0291. The molecule has 2 aliphatic rings. The minimum atomic E-state index is -0.683. The summed E-state index contributed by atoms with van der Waals surface area (Å²) in [6.45, 7) is 2.24. The first-order chi connectivity index (χ1) is 12.6. The van der Waals surface area contributed by atoms with Crippen molar-refractivity contribution < 1.29 is 13.9 Å². The number of ether oxygens (including phenoxy) is 1. The highest BCUT2D eigenvalue weighted by Gasteiger charge is 2.30. The highest BCUT2D eigenvalue weighted by Crippen LogP contribution is 2.34. The second kappa shape index (κ2) is 11.4. The molecule has 2 rings (SSSR count). The van der Waals surface area contributed by atoms with Gasteiger partial charge in [-0.15, -0.1) is 0 Å². The van der Waals surface area contributed by atoms with Gasteiger partial charge >= 0.3 is 5.97 Å². The summed E-state index contributed by atoms with van der Waals surface area (Å²) < 4.78 is 18.6. The Bertz CT molecular complexity index is 495. The molecule has 0 saturated heterocycles. The summed E-state index contributed by atoms with van der Waals surface area (Å²) in [6.07, 6.45) is 15.1. The molecule has 0 N–H and O–H groups in total. The van der Waals surface area contributed by atoms with E-state index in [-0.39, 0.29) is 18.0 Å². The van der Waals surface area contributed by atoms with E-state index in [9.17, 15) is 9.18 Å². The standard InChI is InChI=1S/C22H34FNO2/c1-2-3-5-17-8-12-19(13-9-17)22(25)26-21-14-10-18(11-15-21)6-4-7-20(23)16-24/h7,17-19,21H,2-6,8-15H2,1H3. The lowest BCUT2D eigenvalue weighted by Crippen LogP contribution is -2.30. The van der Waals surface area contributed by atoms with E-state index in [0.717, 1.165) is 50.9 Å². The zero-order valence-corrected chi connectivity index (χ0v) is 16.2. The van der Waals surface area contributed by atoms with Gasteiger partial charge in [-0.3, -0.25) is 4.79 Å². The highest BCUT2D eigenvalue weighted by molar-refractivity contribution is 5.72. The van der Waals surface area contributed by atoms with E-state index in [4.69, 9.17) is 10.00 Å². The van der Waals surface area contributed by atoms with Gasteiger partial charge in [0.1, 0.15) is 12.2 Å². The maximum absolute atomic E-state index is 12.8. The lowest BCUT2D eigenvalue weighted by molar-refractivity contribution is -0.157. The number of hydrogen-bond donors (Lipinski definition) is 0. The second-order valence-corrected chi connectivity index (χ2v) is 8.18. The molecule has 0 aromatic rings. The van der Waals surface area contributed by atoms with E-state index in [2.05, 4.69) is 6.92 Å². The molecule has 26 heavy (non-hydrogen) atoms. The number of carbonyl (C=O) groups excluding carboxylic acids is 1. The number of esters is 1. The van der Waals surface area contributed by atoms with Gasteiger partial charge in [0.25, 0.3) is 0 Å². The van der Waals surface area contributed by atoms with Crippen molar-refractivity contribution in [2.24, 2.45) is 17.8 Å². The molecule has 2 aliphatic carbocycles. The van der Waals surface area contributed by atoms with Crippen LogP contribution in [-0.2, 0) is 9.53 Å². The number of unbranched alkanes of at least 4 members (excludes halogenated alkanes) is 1. The van der Waals surface area contributed by atoms with Crippen LogP contribution >= 0.6 is 0 Å². The predicted molar refractivity (Wildman–Crippen MR) is 101 cm³/mol. The molecule has 2 fully saturated rings. The predicted octanol–water partition coefficient (Wildman–Crippen LogP) is 6.24. The number of carbonyl (C=O) groups is 1. The van der Waals surface area contributed by atoms with Crippen molar-refractivity contribution in [2.75, 3.05) is 0 Å². The Morgan fingerprint density at radius 3 is 2.31 bits per heavy atom. The summed E-state index contributed by atoms with van der Waals surface area (Å²) in [6, 6.07) is 1.51. The number of rotatable bonds is 8. The summed E-state index contributed by atoms with van der Waals surface area (Å²) >= 11 is 0. The molecule has 0 heterocycles. The third-order valence-corrected chi connectivity index (χ3v) is 6.23. The average molecular weight is 364 g/mol. The molecular formula is C22H34FNO2. The average Bonchev–Trinajstić information content (AvgIpc) is 2.68. The van der Waals surface area contributed by atoms with E-state index >= 15 is 0 Å². The van der Waals surface area contributed by atoms with E-state index in [0.29, 0.717) is 12.3 Å². The summed E-state index contributed by atoms with van der Waals surface area (Å²) in [4.78, 5) is 12.4. The Morgan fingerprint density at radius 2 is 1.69 bits per heavy atom. The maximum Gasteiger partial charge on any atom is 0.309 e. The van der Waals surface area contributed by atoms with Crippen LogP contribution in [0.15, 0.2) is 11.9 Å². The molecule has 0 unspecified atom stereocenters. The quantitative estimate of drug-likeness (QED) is 0.379. The molecular weight excluding hydrogens is 329 g/mol. The maximum atomic E-state index is 12.8. The third-order valence-electron chi connectivity index (χ3n) is 6.23. The fourth-order valence-corrected chi connectivity index (χ4v) is 4.47. The Kier molecular flexibility index (Phi) is 9.15. The van der Waals surface area contributed by atoms with Crippen molar-refractivity contribution in [3.05, 3.63) is 11.9 Å². The van der Waals surface area contributed by atoms with E-state index in [1.54, 1.807) is 0 Å². The van der Waals surface area contributed by atoms with Crippen LogP contribution in [0.2, 0.25) is 0 Å². The first-order valence-corrected chi connectivity index (χ1v) is 10.6. The van der Waals surface area contributed by atoms with Gasteiger partial charge in [-0.25, -0.2) is 0 Å². The van der Waals surface area contributed by atoms with Crippen LogP contribution in [0, 0.1) is 29.1 Å². The number of allylic oxidation sites excluding steroid dienone is 2. The van der Waals surface area contributed by atoms with Gasteiger partial charge in [0.2, 0.25) is 0 Å². The lowest BCUT2D eigenvalue weighted by Gasteiger charge is -2.31. The highest BCUT2D eigenvalue weighted by atomic mass is 19.1. The molecule has 0 atom stereocenters. The summed E-state index contributed by atoms with van der Waals surface area (Å²) in [7, 11) is 0. The normalized spacial score (nSPS) is 29.8. The molecule has 0 aliphatic heterocycles. The third kappa shape index (κ3) is 7.09. The summed E-state index contributed by atoms with van der Waals surface area (Å²) in [5, 5.41) is 8.41. The number of halogens is 1. The molecule has 0 bridgehead atoms. The SMILES string of the molecule is CCCCC1CCC(C(=O)OC2CCC(CCC=C(F)C#N)CC2)CC1. The fraction of sp³-hybridized carbons (Fsp3) is 0.818. The van der Waals surface area contributed by atoms with Gasteiger partial charge in [0.05, 0.1) is 5.92 Å². The van der Waals surface area contributed by atoms with Crippen molar-refractivity contribution in [1.29, 1.82) is 5.26 Å². The Labute approximate surface area is 158 Å².